The number of carbonyl (C=O) groups is 1. The van der Waals surface area contributed by atoms with E-state index < -0.39 is 0 Å². The summed E-state index contributed by atoms with van der Waals surface area (Å²) >= 11 is 0. The normalized spacial score (nSPS) is 11.7. The maximum absolute atomic E-state index is 12.8. The Morgan fingerprint density at radius 1 is 0.963 bits per heavy atom. The standard InChI is InChI=1S/C24H25NO2/c1-17-9-10-18(2)22(15-17)24(20-7-5-4-6-8-20)25-23(26)16-19-11-13-21(27-3)14-12-19/h4-15,24H,16H2,1-3H3,(H,25,26). The van der Waals surface area contributed by atoms with Gasteiger partial charge in [-0.05, 0) is 48.2 Å². The van der Waals surface area contributed by atoms with Crippen LogP contribution in [0.2, 0.25) is 0 Å². The topological polar surface area (TPSA) is 38.3 Å². The van der Waals surface area contributed by atoms with Crippen LogP contribution < -0.4 is 10.1 Å². The Labute approximate surface area is 161 Å². The third-order valence-electron chi connectivity index (χ3n) is 4.71. The summed E-state index contributed by atoms with van der Waals surface area (Å²) in [5.41, 5.74) is 5.51. The molecule has 1 N–H and O–H groups in total. The van der Waals surface area contributed by atoms with Gasteiger partial charge in [-0.3, -0.25) is 4.79 Å². The first-order chi connectivity index (χ1) is 13.1. The third-order valence-corrected chi connectivity index (χ3v) is 4.71. The van der Waals surface area contributed by atoms with Crippen molar-refractivity contribution in [1.82, 2.24) is 5.32 Å². The summed E-state index contributed by atoms with van der Waals surface area (Å²) in [4.78, 5) is 12.8. The van der Waals surface area contributed by atoms with Crippen LogP contribution in [-0.4, -0.2) is 13.0 Å². The van der Waals surface area contributed by atoms with Crippen molar-refractivity contribution in [3.63, 3.8) is 0 Å². The lowest BCUT2D eigenvalue weighted by Crippen LogP contribution is -2.31. The molecule has 0 saturated carbocycles. The second kappa shape index (κ2) is 8.54. The smallest absolute Gasteiger partial charge is 0.225 e. The second-order valence-electron chi connectivity index (χ2n) is 6.80. The molecule has 0 aliphatic carbocycles. The van der Waals surface area contributed by atoms with Crippen LogP contribution in [0, 0.1) is 13.8 Å². The fourth-order valence-electron chi connectivity index (χ4n) is 3.20. The monoisotopic (exact) mass is 359 g/mol. The molecule has 0 aliphatic rings. The zero-order chi connectivity index (χ0) is 19.2. The predicted octanol–water partition coefficient (Wildman–Crippen LogP) is 4.76. The van der Waals surface area contributed by atoms with Crippen LogP contribution in [0.4, 0.5) is 0 Å². The van der Waals surface area contributed by atoms with Crippen molar-refractivity contribution >= 4 is 5.91 Å². The van der Waals surface area contributed by atoms with Crippen molar-refractivity contribution < 1.29 is 9.53 Å². The van der Waals surface area contributed by atoms with E-state index >= 15 is 0 Å². The van der Waals surface area contributed by atoms with Crippen LogP contribution in [0.1, 0.15) is 33.9 Å². The molecule has 27 heavy (non-hydrogen) atoms. The van der Waals surface area contributed by atoms with E-state index in [2.05, 4.69) is 49.5 Å². The van der Waals surface area contributed by atoms with Crippen molar-refractivity contribution in [2.75, 3.05) is 7.11 Å². The molecule has 0 aromatic heterocycles. The first kappa shape index (κ1) is 18.7. The van der Waals surface area contributed by atoms with Gasteiger partial charge in [-0.25, -0.2) is 0 Å². The lowest BCUT2D eigenvalue weighted by atomic mass is 9.93. The maximum Gasteiger partial charge on any atom is 0.225 e. The minimum atomic E-state index is -0.170. The summed E-state index contributed by atoms with van der Waals surface area (Å²) in [6, 6.07) is 23.9. The molecule has 1 atom stereocenters. The number of carbonyl (C=O) groups excluding carboxylic acids is 1. The quantitative estimate of drug-likeness (QED) is 0.689. The first-order valence-electron chi connectivity index (χ1n) is 9.11. The number of hydrogen-bond donors (Lipinski definition) is 1. The average Bonchev–Trinajstić information content (AvgIpc) is 2.69. The molecule has 3 aromatic carbocycles. The van der Waals surface area contributed by atoms with Crippen molar-refractivity contribution in [1.29, 1.82) is 0 Å². The Bertz CT molecular complexity index is 901. The Morgan fingerprint density at radius 3 is 2.33 bits per heavy atom. The highest BCUT2D eigenvalue weighted by Gasteiger charge is 2.19. The van der Waals surface area contributed by atoms with Crippen molar-refractivity contribution in [3.8, 4) is 5.75 Å². The van der Waals surface area contributed by atoms with Gasteiger partial charge in [0.2, 0.25) is 5.91 Å². The molecule has 138 valence electrons. The molecule has 3 rings (SSSR count). The number of rotatable bonds is 6. The van der Waals surface area contributed by atoms with E-state index in [9.17, 15) is 4.79 Å². The number of methoxy groups -OCH3 is 1. The van der Waals surface area contributed by atoms with E-state index in [0.29, 0.717) is 6.42 Å². The van der Waals surface area contributed by atoms with Gasteiger partial charge in [0.1, 0.15) is 5.75 Å². The van der Waals surface area contributed by atoms with Gasteiger partial charge in [0.25, 0.3) is 0 Å². The lowest BCUT2D eigenvalue weighted by molar-refractivity contribution is -0.120. The average molecular weight is 359 g/mol. The van der Waals surface area contributed by atoms with Gasteiger partial charge < -0.3 is 10.1 Å². The molecule has 3 nitrogen and oxygen atoms in total. The van der Waals surface area contributed by atoms with Gasteiger partial charge in [-0.15, -0.1) is 0 Å². The number of hydrogen-bond acceptors (Lipinski definition) is 2. The molecular weight excluding hydrogens is 334 g/mol. The molecule has 0 radical (unpaired) electrons. The fraction of sp³-hybridized carbons (Fsp3) is 0.208. The molecule has 0 spiro atoms. The van der Waals surface area contributed by atoms with Crippen LogP contribution in [-0.2, 0) is 11.2 Å². The van der Waals surface area contributed by atoms with E-state index in [-0.39, 0.29) is 11.9 Å². The molecule has 0 heterocycles. The number of aryl methyl sites for hydroxylation is 2. The largest absolute Gasteiger partial charge is 0.497 e. The highest BCUT2D eigenvalue weighted by molar-refractivity contribution is 5.79. The predicted molar refractivity (Wildman–Crippen MR) is 109 cm³/mol. The highest BCUT2D eigenvalue weighted by atomic mass is 16.5. The minimum absolute atomic E-state index is 0.00470. The van der Waals surface area contributed by atoms with E-state index in [1.165, 1.54) is 11.1 Å². The van der Waals surface area contributed by atoms with E-state index in [4.69, 9.17) is 4.74 Å². The Morgan fingerprint density at radius 2 is 1.67 bits per heavy atom. The molecule has 0 fully saturated rings. The van der Waals surface area contributed by atoms with Crippen LogP contribution in [0.15, 0.2) is 72.8 Å². The zero-order valence-electron chi connectivity index (χ0n) is 16.0. The Hall–Kier alpha value is -3.07. The van der Waals surface area contributed by atoms with Gasteiger partial charge in [-0.2, -0.15) is 0 Å². The summed E-state index contributed by atoms with van der Waals surface area (Å²) in [6.45, 7) is 4.16. The number of ether oxygens (including phenoxy) is 1. The number of nitrogens with one attached hydrogen (secondary N) is 1. The Balaban J connectivity index is 1.84. The molecule has 3 heteroatoms. The van der Waals surface area contributed by atoms with Crippen molar-refractivity contribution in [2.45, 2.75) is 26.3 Å². The van der Waals surface area contributed by atoms with Gasteiger partial charge in [-0.1, -0.05) is 66.2 Å². The summed E-state index contributed by atoms with van der Waals surface area (Å²) in [6.07, 6.45) is 0.332. The molecule has 0 aliphatic heterocycles. The van der Waals surface area contributed by atoms with Crippen LogP contribution in [0.5, 0.6) is 5.75 Å². The SMILES string of the molecule is COc1ccc(CC(=O)NC(c2ccccc2)c2cc(C)ccc2C)cc1. The van der Waals surface area contributed by atoms with Crippen LogP contribution in [0.25, 0.3) is 0 Å². The van der Waals surface area contributed by atoms with E-state index in [1.54, 1.807) is 7.11 Å². The van der Waals surface area contributed by atoms with Gasteiger partial charge in [0, 0.05) is 0 Å². The third kappa shape index (κ3) is 4.76. The summed E-state index contributed by atoms with van der Waals surface area (Å²) in [5.74, 6) is 0.784. The molecule has 0 saturated heterocycles. The van der Waals surface area contributed by atoms with Crippen LogP contribution in [0.3, 0.4) is 0 Å². The molecular formula is C24H25NO2. The molecule has 3 aromatic rings. The van der Waals surface area contributed by atoms with Crippen LogP contribution >= 0.6 is 0 Å². The maximum atomic E-state index is 12.8. The minimum Gasteiger partial charge on any atom is -0.497 e. The Kier molecular flexibility index (Phi) is 5.92. The first-order valence-corrected chi connectivity index (χ1v) is 9.11. The zero-order valence-corrected chi connectivity index (χ0v) is 16.0. The summed E-state index contributed by atoms with van der Waals surface area (Å²) < 4.78 is 5.18. The van der Waals surface area contributed by atoms with Gasteiger partial charge in [0.15, 0.2) is 0 Å². The summed E-state index contributed by atoms with van der Waals surface area (Å²) in [7, 11) is 1.64. The lowest BCUT2D eigenvalue weighted by Gasteiger charge is -2.22. The molecule has 1 unspecified atom stereocenters. The highest BCUT2D eigenvalue weighted by Crippen LogP contribution is 2.26. The van der Waals surface area contributed by atoms with Crippen molar-refractivity contribution in [3.05, 3.63) is 101 Å². The van der Waals surface area contributed by atoms with E-state index in [1.807, 2.05) is 42.5 Å². The van der Waals surface area contributed by atoms with E-state index in [0.717, 1.165) is 22.4 Å². The fourth-order valence-corrected chi connectivity index (χ4v) is 3.20. The van der Waals surface area contributed by atoms with Crippen molar-refractivity contribution in [2.24, 2.45) is 0 Å². The number of amides is 1. The van der Waals surface area contributed by atoms with Gasteiger partial charge in [0.05, 0.1) is 19.6 Å². The molecule has 1 amide bonds. The number of benzene rings is 3. The second-order valence-corrected chi connectivity index (χ2v) is 6.80. The summed E-state index contributed by atoms with van der Waals surface area (Å²) in [5, 5.41) is 3.22. The molecule has 0 bridgehead atoms. The van der Waals surface area contributed by atoms with Gasteiger partial charge >= 0.3 is 0 Å².